The Labute approximate surface area is 458 Å². The molecule has 0 aliphatic rings. The summed E-state index contributed by atoms with van der Waals surface area (Å²) >= 11 is 0. The maximum atomic E-state index is 6.68. The van der Waals surface area contributed by atoms with Gasteiger partial charge in [-0.1, -0.05) is 267 Å². The number of unbranched alkanes of at least 4 members (excludes halogenated alkanes) is 30. The van der Waals surface area contributed by atoms with Crippen LogP contribution < -0.4 is 9.47 Å². The highest BCUT2D eigenvalue weighted by molar-refractivity contribution is 6.03. The second-order valence-electron chi connectivity index (χ2n) is 21.5. The van der Waals surface area contributed by atoms with Crippen LogP contribution in [-0.2, 0) is 0 Å². The average Bonchev–Trinajstić information content (AvgIpc) is 3.46. The van der Waals surface area contributed by atoms with Crippen molar-refractivity contribution in [2.75, 3.05) is 13.2 Å². The molecule has 0 amide bonds. The van der Waals surface area contributed by atoms with E-state index in [2.05, 4.69) is 108 Å². The summed E-state index contributed by atoms with van der Waals surface area (Å²) in [4.78, 5) is 19.0. The fourth-order valence-electron chi connectivity index (χ4n) is 10.5. The van der Waals surface area contributed by atoms with E-state index in [1.54, 1.807) is 0 Å². The van der Waals surface area contributed by atoms with Gasteiger partial charge in [-0.3, -0.25) is 19.9 Å². The summed E-state index contributed by atoms with van der Waals surface area (Å²) in [6, 6.07) is 24.8. The van der Waals surface area contributed by atoms with Crippen LogP contribution in [0.3, 0.4) is 0 Å². The molecule has 76 heavy (non-hydrogen) atoms. The zero-order valence-corrected chi connectivity index (χ0v) is 46.9. The van der Waals surface area contributed by atoms with Crippen LogP contribution >= 0.6 is 0 Å². The third kappa shape index (κ3) is 19.9. The Morgan fingerprint density at radius 2 is 0.618 bits per heavy atom. The van der Waals surface area contributed by atoms with Crippen molar-refractivity contribution < 1.29 is 9.47 Å². The molecule has 0 saturated heterocycles. The molecule has 0 fully saturated rings. The Bertz CT molecular complexity index is 2720. The van der Waals surface area contributed by atoms with Gasteiger partial charge in [0.15, 0.2) is 0 Å². The minimum atomic E-state index is 0.619. The first-order valence-electron chi connectivity index (χ1n) is 30.4. The highest BCUT2D eigenvalue weighted by Gasteiger charge is 2.13. The monoisotopic (exact) mass is 1020 g/mol. The van der Waals surface area contributed by atoms with Crippen molar-refractivity contribution in [1.82, 2.24) is 19.9 Å². The molecule has 7 rings (SSSR count). The number of hydrogen-bond donors (Lipinski definition) is 0. The minimum Gasteiger partial charge on any atom is -0.492 e. The number of fused-ring (bicyclic) bond motifs is 6. The van der Waals surface area contributed by atoms with Gasteiger partial charge in [0.05, 0.1) is 46.4 Å². The number of nitrogens with zero attached hydrogens (tertiary/aromatic N) is 4. The summed E-state index contributed by atoms with van der Waals surface area (Å²) in [5.41, 5.74) is 6.80. The third-order valence-electron chi connectivity index (χ3n) is 15.1. The minimum absolute atomic E-state index is 0.619. The van der Waals surface area contributed by atoms with E-state index in [0.29, 0.717) is 13.2 Å². The van der Waals surface area contributed by atoms with Gasteiger partial charge >= 0.3 is 0 Å². The maximum absolute atomic E-state index is 6.68. The Morgan fingerprint density at radius 1 is 0.316 bits per heavy atom. The molecule has 0 radical (unpaired) electrons. The predicted molar refractivity (Wildman–Crippen MR) is 323 cm³/mol. The van der Waals surface area contributed by atoms with E-state index in [1.165, 1.54) is 180 Å². The van der Waals surface area contributed by atoms with Crippen LogP contribution in [0.2, 0.25) is 0 Å². The van der Waals surface area contributed by atoms with Gasteiger partial charge in [-0.2, -0.15) is 0 Å². The van der Waals surface area contributed by atoms with Crippen LogP contribution in [0.25, 0.3) is 43.6 Å². The van der Waals surface area contributed by atoms with Crippen molar-refractivity contribution in [2.45, 2.75) is 219 Å². The zero-order valence-electron chi connectivity index (χ0n) is 46.9. The molecular formula is C70H90N4O2. The van der Waals surface area contributed by atoms with E-state index in [0.717, 1.165) is 103 Å². The molecule has 3 aromatic carbocycles. The lowest BCUT2D eigenvalue weighted by atomic mass is 10.0. The highest BCUT2D eigenvalue weighted by Crippen LogP contribution is 2.31. The van der Waals surface area contributed by atoms with E-state index < -0.39 is 0 Å². The van der Waals surface area contributed by atoms with Crippen LogP contribution in [0.4, 0.5) is 0 Å². The molecule has 6 heteroatoms. The summed E-state index contributed by atoms with van der Waals surface area (Å²) in [6.45, 7) is 5.83. The largest absolute Gasteiger partial charge is 0.492 e. The molecule has 0 saturated carbocycles. The van der Waals surface area contributed by atoms with E-state index in [1.807, 2.05) is 36.9 Å². The molecule has 402 valence electrons. The van der Waals surface area contributed by atoms with Crippen LogP contribution in [0.15, 0.2) is 97.6 Å². The predicted octanol–water partition coefficient (Wildman–Crippen LogP) is 20.0. The van der Waals surface area contributed by atoms with Crippen molar-refractivity contribution in [3.63, 3.8) is 0 Å². The molecular weight excluding hydrogens is 929 g/mol. The molecule has 0 bridgehead atoms. The number of pyridine rings is 4. The van der Waals surface area contributed by atoms with Gasteiger partial charge in [-0.15, -0.1) is 0 Å². The van der Waals surface area contributed by atoms with E-state index in [-0.39, 0.29) is 0 Å². The van der Waals surface area contributed by atoms with Crippen molar-refractivity contribution in [2.24, 2.45) is 0 Å². The smallest absolute Gasteiger partial charge is 0.136 e. The van der Waals surface area contributed by atoms with Crippen molar-refractivity contribution in [1.29, 1.82) is 0 Å². The summed E-state index contributed by atoms with van der Waals surface area (Å²) in [5, 5.41) is 4.18. The van der Waals surface area contributed by atoms with Crippen molar-refractivity contribution in [3.05, 3.63) is 120 Å². The van der Waals surface area contributed by atoms with Gasteiger partial charge in [0.2, 0.25) is 0 Å². The summed E-state index contributed by atoms with van der Waals surface area (Å²) in [7, 11) is 0. The van der Waals surface area contributed by atoms with Crippen molar-refractivity contribution >= 4 is 43.6 Å². The normalized spacial score (nSPS) is 11.3. The maximum Gasteiger partial charge on any atom is 0.136 e. The van der Waals surface area contributed by atoms with Gasteiger partial charge in [-0.25, -0.2) is 0 Å². The van der Waals surface area contributed by atoms with Gasteiger partial charge in [0.25, 0.3) is 0 Å². The Morgan fingerprint density at radius 3 is 0.961 bits per heavy atom. The van der Waals surface area contributed by atoms with Crippen LogP contribution in [-0.4, -0.2) is 33.1 Å². The first-order chi connectivity index (χ1) is 37.7. The van der Waals surface area contributed by atoms with Gasteiger partial charge < -0.3 is 9.47 Å². The Hall–Kier alpha value is -5.98. The standard InChI is InChI=1S/C70H90N4O2/c1-3-5-7-9-11-13-15-17-19-21-23-25-27-29-31-33-49-75-65-53-62(42-40-58-52-64-46-44-60-38-36-48-72-68(60)70(64)74-56-58)66(76-50-34-32-30-28-26-24-22-20-18-16-14-12-10-8-6-4-2)54-61(65)41-39-57-51-63-45-43-59-37-35-47-71-67(59)69(63)73-55-57/h35-38,43-48,51-56H,3-34,49-50H2,1-2H3. The molecule has 4 aromatic heterocycles. The number of rotatable bonds is 36. The molecule has 6 nitrogen and oxygen atoms in total. The first kappa shape index (κ1) is 57.7. The second kappa shape index (κ2) is 34.6. The van der Waals surface area contributed by atoms with Gasteiger partial charge in [-0.05, 0) is 37.1 Å². The molecule has 0 aliphatic heterocycles. The lowest BCUT2D eigenvalue weighted by molar-refractivity contribution is 0.295. The number of benzene rings is 3. The SMILES string of the molecule is CCCCCCCCCCCCCCCCCCOc1cc(C#Cc2cnc3c(ccc4cccnc43)c2)c(OCCCCCCCCCCCCCCCCCC)cc1C#Cc1cnc2c(ccc3cccnc32)c1. The van der Waals surface area contributed by atoms with Crippen LogP contribution in [0.1, 0.15) is 242 Å². The summed E-state index contributed by atoms with van der Waals surface area (Å²) in [5.74, 6) is 15.3. The average molecular weight is 1020 g/mol. The number of ether oxygens (including phenoxy) is 2. The lowest BCUT2D eigenvalue weighted by Gasteiger charge is -2.14. The molecule has 0 N–H and O–H groups in total. The van der Waals surface area contributed by atoms with E-state index >= 15 is 0 Å². The molecule has 0 aliphatic carbocycles. The molecule has 0 unspecified atom stereocenters. The molecule has 4 heterocycles. The summed E-state index contributed by atoms with van der Waals surface area (Å²) < 4.78 is 13.4. The number of hydrogen-bond acceptors (Lipinski definition) is 6. The van der Waals surface area contributed by atoms with Crippen LogP contribution in [0.5, 0.6) is 11.5 Å². The third-order valence-corrected chi connectivity index (χ3v) is 15.1. The molecule has 7 aromatic rings. The topological polar surface area (TPSA) is 70.0 Å². The van der Waals surface area contributed by atoms with Crippen LogP contribution in [0, 0.1) is 23.7 Å². The fourth-order valence-corrected chi connectivity index (χ4v) is 10.5. The lowest BCUT2D eigenvalue weighted by Crippen LogP contribution is -2.03. The van der Waals surface area contributed by atoms with Crippen molar-refractivity contribution in [3.8, 4) is 35.2 Å². The highest BCUT2D eigenvalue weighted by atomic mass is 16.5. The quantitative estimate of drug-likeness (QED) is 0.0222. The van der Waals surface area contributed by atoms with E-state index in [9.17, 15) is 0 Å². The zero-order chi connectivity index (χ0) is 52.5. The van der Waals surface area contributed by atoms with Gasteiger partial charge in [0, 0.05) is 69.6 Å². The first-order valence-corrected chi connectivity index (χ1v) is 30.4. The second-order valence-corrected chi connectivity index (χ2v) is 21.5. The molecule has 0 atom stereocenters. The molecule has 0 spiro atoms. The summed E-state index contributed by atoms with van der Waals surface area (Å²) in [6.07, 6.45) is 50.1. The fraction of sp³-hybridized carbons (Fsp3) is 0.514. The Balaban J connectivity index is 0.996. The Kier molecular flexibility index (Phi) is 26.3. The number of aromatic nitrogens is 4. The van der Waals surface area contributed by atoms with E-state index in [4.69, 9.17) is 19.4 Å². The van der Waals surface area contributed by atoms with Gasteiger partial charge in [0.1, 0.15) is 11.5 Å².